The van der Waals surface area contributed by atoms with Crippen LogP contribution in [0.3, 0.4) is 0 Å². The molecule has 2 rings (SSSR count). The van der Waals surface area contributed by atoms with Crippen molar-refractivity contribution < 1.29 is 19.5 Å². The summed E-state index contributed by atoms with van der Waals surface area (Å²) >= 11 is 0. The van der Waals surface area contributed by atoms with E-state index in [-0.39, 0.29) is 24.5 Å². The number of rotatable bonds is 5. The Morgan fingerprint density at radius 2 is 2.06 bits per heavy atom. The molecule has 0 fully saturated rings. The van der Waals surface area contributed by atoms with Gasteiger partial charge in [0.25, 0.3) is 0 Å². The van der Waals surface area contributed by atoms with E-state index < -0.39 is 5.97 Å². The molecule has 0 saturated carbocycles. The van der Waals surface area contributed by atoms with E-state index >= 15 is 0 Å². The van der Waals surface area contributed by atoms with Crippen LogP contribution in [0.4, 0.5) is 5.69 Å². The van der Waals surface area contributed by atoms with Gasteiger partial charge in [0.1, 0.15) is 0 Å². The van der Waals surface area contributed by atoms with E-state index in [0.717, 1.165) is 11.3 Å². The number of carboxylic acid groups (broad SMARTS) is 1. The number of anilines is 1. The van der Waals surface area contributed by atoms with Crippen LogP contribution in [0.15, 0.2) is 18.2 Å². The lowest BCUT2D eigenvalue weighted by molar-refractivity contribution is -0.137. The van der Waals surface area contributed by atoms with Gasteiger partial charge >= 0.3 is 5.97 Å². The van der Waals surface area contributed by atoms with Crippen molar-refractivity contribution >= 4 is 23.3 Å². The highest BCUT2D eigenvalue weighted by atomic mass is 16.4. The number of carbonyl (C=O) groups excluding carboxylic acids is 2. The normalized spacial score (nSPS) is 13.0. The molecule has 1 heterocycles. The van der Waals surface area contributed by atoms with Gasteiger partial charge in [-0.25, -0.2) is 0 Å². The second-order valence-electron chi connectivity index (χ2n) is 4.27. The number of ketones is 1. The van der Waals surface area contributed by atoms with Crippen molar-refractivity contribution in [2.45, 2.75) is 25.7 Å². The van der Waals surface area contributed by atoms with E-state index in [9.17, 15) is 14.4 Å². The molecule has 1 aliphatic rings. The highest BCUT2D eigenvalue weighted by Gasteiger charge is 2.18. The van der Waals surface area contributed by atoms with Crippen LogP contribution in [0.5, 0.6) is 0 Å². The first-order valence-corrected chi connectivity index (χ1v) is 5.74. The molecule has 0 atom stereocenters. The molecule has 18 heavy (non-hydrogen) atoms. The zero-order valence-corrected chi connectivity index (χ0v) is 9.73. The molecule has 0 spiro atoms. The molecule has 94 valence electrons. The number of Topliss-reactive ketones (excluding diaryl/α,β-unsaturated/α-hetero) is 1. The summed E-state index contributed by atoms with van der Waals surface area (Å²) in [7, 11) is 0. The molecule has 5 nitrogen and oxygen atoms in total. The maximum atomic E-state index is 11.8. The topological polar surface area (TPSA) is 83.5 Å². The molecule has 0 aromatic heterocycles. The second kappa shape index (κ2) is 5.00. The van der Waals surface area contributed by atoms with Crippen molar-refractivity contribution in [1.29, 1.82) is 0 Å². The standard InChI is InChI=1S/C13H13NO4/c15-11(2-1-3-13(17)18)8-4-5-10-9(6-8)7-12(16)14-10/h4-6H,1-3,7H2,(H,14,16)(H,17,18). The summed E-state index contributed by atoms with van der Waals surface area (Å²) < 4.78 is 0. The number of hydrogen-bond donors (Lipinski definition) is 2. The molecular formula is C13H13NO4. The van der Waals surface area contributed by atoms with Gasteiger partial charge in [-0.3, -0.25) is 14.4 Å². The fourth-order valence-electron chi connectivity index (χ4n) is 1.95. The van der Waals surface area contributed by atoms with Crippen molar-refractivity contribution in [1.82, 2.24) is 0 Å². The molecule has 0 unspecified atom stereocenters. The quantitative estimate of drug-likeness (QED) is 0.774. The maximum Gasteiger partial charge on any atom is 0.303 e. The molecule has 1 aromatic rings. The Morgan fingerprint density at radius 1 is 1.28 bits per heavy atom. The van der Waals surface area contributed by atoms with Crippen LogP contribution in [0.1, 0.15) is 35.2 Å². The van der Waals surface area contributed by atoms with Gasteiger partial charge in [0.2, 0.25) is 5.91 Å². The number of carbonyl (C=O) groups is 3. The number of fused-ring (bicyclic) bond motifs is 1. The summed E-state index contributed by atoms with van der Waals surface area (Å²) in [6.07, 6.45) is 0.844. The molecule has 1 aliphatic heterocycles. The summed E-state index contributed by atoms with van der Waals surface area (Å²) in [6.45, 7) is 0. The summed E-state index contributed by atoms with van der Waals surface area (Å²) in [5.74, 6) is -1.05. The molecule has 0 bridgehead atoms. The van der Waals surface area contributed by atoms with E-state index in [2.05, 4.69) is 5.32 Å². The molecule has 1 amide bonds. The number of benzene rings is 1. The van der Waals surface area contributed by atoms with Crippen LogP contribution in [0, 0.1) is 0 Å². The minimum atomic E-state index is -0.897. The lowest BCUT2D eigenvalue weighted by Crippen LogP contribution is -2.03. The largest absolute Gasteiger partial charge is 0.481 e. The minimum absolute atomic E-state index is 0.00325. The fourth-order valence-corrected chi connectivity index (χ4v) is 1.95. The van der Waals surface area contributed by atoms with Gasteiger partial charge in [0.15, 0.2) is 5.78 Å². The fraction of sp³-hybridized carbons (Fsp3) is 0.308. The molecule has 0 radical (unpaired) electrons. The Bertz CT molecular complexity index is 522. The highest BCUT2D eigenvalue weighted by Crippen LogP contribution is 2.24. The predicted octanol–water partition coefficient (Wildman–Crippen LogP) is 1.62. The van der Waals surface area contributed by atoms with Crippen molar-refractivity contribution in [3.8, 4) is 0 Å². The molecule has 0 saturated heterocycles. The number of hydrogen-bond acceptors (Lipinski definition) is 3. The van der Waals surface area contributed by atoms with Gasteiger partial charge in [-0.05, 0) is 30.2 Å². The molecule has 0 aliphatic carbocycles. The lowest BCUT2D eigenvalue weighted by Gasteiger charge is -2.03. The predicted molar refractivity (Wildman–Crippen MR) is 64.6 cm³/mol. The first-order chi connectivity index (χ1) is 8.56. The molecule has 1 aromatic carbocycles. The summed E-state index contributed by atoms with van der Waals surface area (Å²) in [6, 6.07) is 5.08. The second-order valence-corrected chi connectivity index (χ2v) is 4.27. The third-order valence-electron chi connectivity index (χ3n) is 2.85. The van der Waals surface area contributed by atoms with Gasteiger partial charge in [0, 0.05) is 24.1 Å². The smallest absolute Gasteiger partial charge is 0.303 e. The summed E-state index contributed by atoms with van der Waals surface area (Å²) in [4.78, 5) is 33.3. The van der Waals surface area contributed by atoms with E-state index in [1.54, 1.807) is 18.2 Å². The van der Waals surface area contributed by atoms with Crippen LogP contribution in [0.25, 0.3) is 0 Å². The number of carboxylic acids is 1. The van der Waals surface area contributed by atoms with Gasteiger partial charge in [-0.1, -0.05) is 0 Å². The zero-order chi connectivity index (χ0) is 13.1. The lowest BCUT2D eigenvalue weighted by atomic mass is 10.0. The third-order valence-corrected chi connectivity index (χ3v) is 2.85. The van der Waals surface area contributed by atoms with E-state index in [1.165, 1.54) is 0 Å². The van der Waals surface area contributed by atoms with Crippen molar-refractivity contribution in [2.75, 3.05) is 5.32 Å². The average Bonchev–Trinajstić information content (AvgIpc) is 2.67. The van der Waals surface area contributed by atoms with Crippen molar-refractivity contribution in [3.63, 3.8) is 0 Å². The summed E-state index contributed by atoms with van der Waals surface area (Å²) in [5, 5.41) is 11.2. The first-order valence-electron chi connectivity index (χ1n) is 5.74. The van der Waals surface area contributed by atoms with Gasteiger partial charge < -0.3 is 10.4 Å². The summed E-state index contributed by atoms with van der Waals surface area (Å²) in [5.41, 5.74) is 2.11. The maximum absolute atomic E-state index is 11.8. The Morgan fingerprint density at radius 3 is 2.78 bits per heavy atom. The van der Waals surface area contributed by atoms with Crippen molar-refractivity contribution in [3.05, 3.63) is 29.3 Å². The van der Waals surface area contributed by atoms with E-state index in [0.29, 0.717) is 18.4 Å². The van der Waals surface area contributed by atoms with E-state index in [1.807, 2.05) is 0 Å². The van der Waals surface area contributed by atoms with Gasteiger partial charge in [0.05, 0.1) is 6.42 Å². The van der Waals surface area contributed by atoms with Crippen LogP contribution in [-0.2, 0) is 16.0 Å². The molecular weight excluding hydrogens is 234 g/mol. The van der Waals surface area contributed by atoms with Crippen molar-refractivity contribution in [2.24, 2.45) is 0 Å². The zero-order valence-electron chi connectivity index (χ0n) is 9.73. The average molecular weight is 247 g/mol. The SMILES string of the molecule is O=C(O)CCCC(=O)c1ccc2c(c1)CC(=O)N2. The highest BCUT2D eigenvalue weighted by molar-refractivity contribution is 6.02. The Balaban J connectivity index is 2.01. The number of nitrogens with one attached hydrogen (secondary N) is 1. The van der Waals surface area contributed by atoms with Crippen LogP contribution >= 0.6 is 0 Å². The number of aliphatic carboxylic acids is 1. The van der Waals surface area contributed by atoms with Gasteiger partial charge in [-0.15, -0.1) is 0 Å². The van der Waals surface area contributed by atoms with Crippen LogP contribution in [-0.4, -0.2) is 22.8 Å². The number of amides is 1. The third kappa shape index (κ3) is 2.74. The van der Waals surface area contributed by atoms with Crippen LogP contribution < -0.4 is 5.32 Å². The van der Waals surface area contributed by atoms with E-state index in [4.69, 9.17) is 5.11 Å². The van der Waals surface area contributed by atoms with Crippen LogP contribution in [0.2, 0.25) is 0 Å². The first kappa shape index (κ1) is 12.3. The molecule has 2 N–H and O–H groups in total. The Kier molecular flexibility index (Phi) is 3.41. The van der Waals surface area contributed by atoms with Gasteiger partial charge in [-0.2, -0.15) is 0 Å². The monoisotopic (exact) mass is 247 g/mol. The Labute approximate surface area is 104 Å². The Hall–Kier alpha value is -2.17. The molecule has 5 heteroatoms. The minimum Gasteiger partial charge on any atom is -0.481 e.